The van der Waals surface area contributed by atoms with E-state index in [0.717, 1.165) is 5.57 Å². The molecule has 422 valence electrons. The molecule has 0 bridgehead atoms. The van der Waals surface area contributed by atoms with Crippen molar-refractivity contribution in [2.24, 2.45) is 16.7 Å². The highest BCUT2D eigenvalue weighted by molar-refractivity contribution is 5.90. The minimum Gasteiger partial charge on any atom is -0.458 e. The fourth-order valence-electron chi connectivity index (χ4n) is 14.8. The van der Waals surface area contributed by atoms with Crippen LogP contribution in [0, 0.1) is 16.7 Å². The average molecular weight is 1060 g/mol. The lowest BCUT2D eigenvalue weighted by molar-refractivity contribution is -0.347. The number of aromatic nitrogens is 1. The van der Waals surface area contributed by atoms with Crippen molar-refractivity contribution in [2.75, 3.05) is 28.4 Å². The van der Waals surface area contributed by atoms with Gasteiger partial charge in [-0.05, 0) is 104 Å². The van der Waals surface area contributed by atoms with E-state index in [1.807, 2.05) is 26.8 Å². The summed E-state index contributed by atoms with van der Waals surface area (Å²) in [5, 5.41) is 48.5. The third-order valence-electron chi connectivity index (χ3n) is 19.3. The Labute approximate surface area is 440 Å². The summed E-state index contributed by atoms with van der Waals surface area (Å²) in [5.74, 6) is -1.84. The zero-order valence-corrected chi connectivity index (χ0v) is 45.5. The minimum atomic E-state index is -2.05. The smallest absolute Gasteiger partial charge is 0.339 e. The number of carbonyl (C=O) groups excluding carboxylic acids is 2. The van der Waals surface area contributed by atoms with Gasteiger partial charge in [-0.2, -0.15) is 0 Å². The number of nitrogens with zero attached hydrogens (tertiary/aromatic N) is 1. The van der Waals surface area contributed by atoms with E-state index in [1.165, 1.54) is 13.1 Å². The molecule has 24 atom stereocenters. The highest BCUT2D eigenvalue weighted by Gasteiger charge is 2.81. The van der Waals surface area contributed by atoms with Gasteiger partial charge in [0.05, 0.1) is 65.9 Å². The lowest BCUT2D eigenvalue weighted by atomic mass is 9.42. The molecule has 0 aromatic carbocycles. The van der Waals surface area contributed by atoms with Gasteiger partial charge in [0, 0.05) is 72.4 Å². The zero-order valence-electron chi connectivity index (χ0n) is 45.5. The van der Waals surface area contributed by atoms with E-state index in [0.29, 0.717) is 44.9 Å². The van der Waals surface area contributed by atoms with E-state index in [2.05, 4.69) is 11.9 Å². The van der Waals surface area contributed by atoms with Crippen LogP contribution in [0.1, 0.15) is 129 Å². The van der Waals surface area contributed by atoms with Crippen LogP contribution in [0.2, 0.25) is 0 Å². The van der Waals surface area contributed by atoms with Crippen molar-refractivity contribution in [3.8, 4) is 0 Å². The molecule has 75 heavy (non-hydrogen) atoms. The molecular weight excluding hydrogens is 979 g/mol. The van der Waals surface area contributed by atoms with Gasteiger partial charge in [-0.25, -0.2) is 4.79 Å². The van der Waals surface area contributed by atoms with Gasteiger partial charge in [-0.15, -0.1) is 0 Å². The number of methoxy groups -OCH3 is 4. The molecule has 0 amide bonds. The van der Waals surface area contributed by atoms with Crippen molar-refractivity contribution < 1.29 is 91.6 Å². The topological polar surface area (TPSA) is 248 Å². The molecule has 1 aromatic rings. The molecule has 0 spiro atoms. The highest BCUT2D eigenvalue weighted by atomic mass is 16.8. The van der Waals surface area contributed by atoms with Gasteiger partial charge in [-0.3, -0.25) is 9.78 Å². The van der Waals surface area contributed by atoms with E-state index >= 15 is 0 Å². The summed E-state index contributed by atoms with van der Waals surface area (Å²) in [7, 11) is 6.48. The first kappa shape index (κ1) is 57.1. The molecule has 4 aliphatic carbocycles. The summed E-state index contributed by atoms with van der Waals surface area (Å²) in [5.41, 5.74) is -6.88. The van der Waals surface area contributed by atoms with Crippen LogP contribution in [-0.2, 0) is 66.4 Å². The summed E-state index contributed by atoms with van der Waals surface area (Å²) < 4.78 is 81.5. The van der Waals surface area contributed by atoms with Crippen LogP contribution in [0.3, 0.4) is 0 Å². The average Bonchev–Trinajstić information content (AvgIpc) is 3.62. The Balaban J connectivity index is 0.810. The molecule has 5 heterocycles. The summed E-state index contributed by atoms with van der Waals surface area (Å²) in [6, 6.07) is 3.19. The van der Waals surface area contributed by atoms with Gasteiger partial charge >= 0.3 is 5.97 Å². The number of ketones is 1. The first-order chi connectivity index (χ1) is 35.6. The number of aliphatic hydroxyl groups is 4. The van der Waals surface area contributed by atoms with Crippen LogP contribution < -0.4 is 0 Å². The maximum atomic E-state index is 13.7. The maximum absolute atomic E-state index is 13.7. The number of carbonyl (C=O) groups is 2. The van der Waals surface area contributed by atoms with Crippen molar-refractivity contribution in [1.29, 1.82) is 0 Å². The molecule has 4 aliphatic heterocycles. The summed E-state index contributed by atoms with van der Waals surface area (Å²) in [6.45, 7) is 12.5. The van der Waals surface area contributed by atoms with Gasteiger partial charge in [-0.1, -0.05) is 18.6 Å². The monoisotopic (exact) mass is 1060 g/mol. The largest absolute Gasteiger partial charge is 0.458 e. The number of fused-ring (bicyclic) bond motifs is 5. The van der Waals surface area contributed by atoms with E-state index in [9.17, 15) is 30.0 Å². The first-order valence-electron chi connectivity index (χ1n) is 27.1. The van der Waals surface area contributed by atoms with Crippen LogP contribution in [0.25, 0.3) is 0 Å². The minimum absolute atomic E-state index is 0.0562. The molecule has 20 heteroatoms. The zero-order chi connectivity index (χ0) is 54.0. The Kier molecular flexibility index (Phi) is 16.9. The number of rotatable bonds is 15. The van der Waals surface area contributed by atoms with Crippen LogP contribution in [0.5, 0.6) is 0 Å². The summed E-state index contributed by atoms with van der Waals surface area (Å²) in [4.78, 5) is 31.1. The van der Waals surface area contributed by atoms with Crippen molar-refractivity contribution in [3.63, 3.8) is 0 Å². The Bertz CT molecular complexity index is 2190. The molecule has 1 aromatic heterocycles. The van der Waals surface area contributed by atoms with Gasteiger partial charge in [0.2, 0.25) is 0 Å². The molecule has 3 saturated carbocycles. The number of esters is 1. The number of hydrogen-bond acceptors (Lipinski definition) is 20. The molecule has 7 fully saturated rings. The van der Waals surface area contributed by atoms with Gasteiger partial charge in [0.15, 0.2) is 30.9 Å². The molecule has 9 rings (SSSR count). The standard InChI is InChI=1S/C55H83NO19/c1-28-46(58)36(63-8)22-43(67-28)73-48-30(3)69-45(24-38(48)65-10)75-49-31(4)70-44(25-39(49)66-11)74-47-29(2)68-42(23-37(47)64-9)71-35-15-16-51(6)34(21-35)14-17-54(61)40(51)26-41(72-50(59)33-13-12-20-56-27-33)52(7)53(60,32(5)57)18-19-55(52,54)62/h12-14,20,27-31,35-49,58,60-62H,15-19,21-26H2,1-11H3/t28-,29-,30-,31-,35+,36-,37+,38-,39+,40-,41-,42+,43+,44+,45+,46-,47-,48-,49-,51+,52-,53-,54+,55-/m1/s1. The first-order valence-corrected chi connectivity index (χ1v) is 27.1. The van der Waals surface area contributed by atoms with Crippen LogP contribution >= 0.6 is 0 Å². The molecule has 4 N–H and O–H groups in total. The van der Waals surface area contributed by atoms with Gasteiger partial charge < -0.3 is 82.0 Å². The number of Topliss-reactive ketones (excluding diaryl/α,β-unsaturated/α-hetero) is 1. The molecule has 0 radical (unpaired) electrons. The Morgan fingerprint density at radius 2 is 1.19 bits per heavy atom. The lowest BCUT2D eigenvalue weighted by Crippen LogP contribution is -2.78. The normalized spacial score (nSPS) is 48.9. The molecule has 8 aliphatic rings. The fourth-order valence-corrected chi connectivity index (χ4v) is 14.8. The van der Waals surface area contributed by atoms with E-state index in [-0.39, 0.29) is 43.5 Å². The predicted molar refractivity (Wildman–Crippen MR) is 264 cm³/mol. The van der Waals surface area contributed by atoms with Crippen molar-refractivity contribution in [1.82, 2.24) is 4.98 Å². The maximum Gasteiger partial charge on any atom is 0.339 e. The van der Waals surface area contributed by atoms with Crippen molar-refractivity contribution in [3.05, 3.63) is 41.7 Å². The van der Waals surface area contributed by atoms with E-state index in [1.54, 1.807) is 60.6 Å². The third kappa shape index (κ3) is 10.0. The predicted octanol–water partition coefficient (Wildman–Crippen LogP) is 4.23. The van der Waals surface area contributed by atoms with Crippen molar-refractivity contribution >= 4 is 11.8 Å². The second-order valence-electron chi connectivity index (χ2n) is 23.1. The van der Waals surface area contributed by atoms with Gasteiger partial charge in [0.1, 0.15) is 47.3 Å². The third-order valence-corrected chi connectivity index (χ3v) is 19.3. The molecular formula is C55H83NO19. The molecule has 20 nitrogen and oxygen atoms in total. The second kappa shape index (κ2) is 22.1. The Morgan fingerprint density at radius 3 is 1.68 bits per heavy atom. The molecule has 0 unspecified atom stereocenters. The Hall–Kier alpha value is -2.61. The second-order valence-corrected chi connectivity index (χ2v) is 23.1. The lowest BCUT2D eigenvalue weighted by Gasteiger charge is -2.67. The van der Waals surface area contributed by atoms with Crippen molar-refractivity contribution in [2.45, 2.75) is 247 Å². The number of ether oxygens (including phenoxy) is 13. The number of hydrogen-bond donors (Lipinski definition) is 4. The Morgan fingerprint density at radius 1 is 0.680 bits per heavy atom. The number of aliphatic hydroxyl groups excluding tert-OH is 1. The summed E-state index contributed by atoms with van der Waals surface area (Å²) >= 11 is 0. The quantitative estimate of drug-likeness (QED) is 0.142. The van der Waals surface area contributed by atoms with Gasteiger partial charge in [0.25, 0.3) is 0 Å². The van der Waals surface area contributed by atoms with Crippen LogP contribution in [-0.4, -0.2) is 193 Å². The van der Waals surface area contributed by atoms with E-state index < -0.39 is 144 Å². The van der Waals surface area contributed by atoms with Crippen LogP contribution in [0.15, 0.2) is 36.2 Å². The SMILES string of the molecule is CO[C@H]1C[C@H](O[C@H]2CC[C@@]3(C)C(=CC[C@]4(O)[C@@H]3C[C@@H](OC(=O)c3cccnc3)[C@@]3(C)[C@]4(O)CC[C@@]3(O)C(C)=O)C2)O[C@H](C)[C@H]1O[C@H]1C[C@H](OC)[C@H](O[C@H]2C[C@@H](OC)[C@H](O[C@H]3C[C@@H](OC)[C@H](O)[C@@H](C)O3)[C@@H](C)O2)[C@@H](C)O1. The van der Waals surface area contributed by atoms with E-state index in [4.69, 9.17) is 61.6 Å². The van der Waals surface area contributed by atoms with Crippen LogP contribution in [0.4, 0.5) is 0 Å². The fraction of sp³-hybridized carbons (Fsp3) is 0.836. The highest BCUT2D eigenvalue weighted by Crippen LogP contribution is 2.71. The number of pyridine rings is 1. The molecule has 4 saturated heterocycles. The summed E-state index contributed by atoms with van der Waals surface area (Å²) in [6.07, 6.45) is -1.30.